The molecule has 0 amide bonds. The van der Waals surface area contributed by atoms with Crippen molar-refractivity contribution in [3.63, 3.8) is 0 Å². The molecule has 0 spiro atoms. The number of nitrogens with zero attached hydrogens (tertiary/aromatic N) is 3. The molecule has 0 radical (unpaired) electrons. The van der Waals surface area contributed by atoms with Gasteiger partial charge in [0.15, 0.2) is 17.5 Å². The number of fused-ring (bicyclic) bond motifs is 6. The third kappa shape index (κ3) is 5.43. The monoisotopic (exact) mass is 701 g/mol. The quantitative estimate of drug-likeness (QED) is 0.179. The van der Waals surface area contributed by atoms with Crippen LogP contribution in [0.3, 0.4) is 0 Å². The van der Waals surface area contributed by atoms with Crippen LogP contribution in [-0.4, -0.2) is 15.0 Å². The molecule has 0 saturated heterocycles. The second-order valence-electron chi connectivity index (χ2n) is 14.0. The highest BCUT2D eigenvalue weighted by Gasteiger charge is 2.21. The van der Waals surface area contributed by atoms with Crippen molar-refractivity contribution in [1.82, 2.24) is 15.0 Å². The van der Waals surface area contributed by atoms with Gasteiger partial charge in [-0.1, -0.05) is 152 Å². The van der Waals surface area contributed by atoms with Crippen molar-refractivity contribution in [3.8, 4) is 56.4 Å². The van der Waals surface area contributed by atoms with E-state index in [2.05, 4.69) is 158 Å². The van der Waals surface area contributed by atoms with Crippen molar-refractivity contribution < 1.29 is 4.42 Å². The summed E-state index contributed by atoms with van der Waals surface area (Å²) in [7, 11) is 0. The second-order valence-corrected chi connectivity index (χ2v) is 14.0. The predicted molar refractivity (Wildman–Crippen MR) is 227 cm³/mol. The first-order valence-corrected chi connectivity index (χ1v) is 18.5. The van der Waals surface area contributed by atoms with Gasteiger partial charge in [0.25, 0.3) is 0 Å². The minimum Gasteiger partial charge on any atom is -0.455 e. The van der Waals surface area contributed by atoms with Gasteiger partial charge in [-0.05, 0) is 85.4 Å². The van der Waals surface area contributed by atoms with Crippen LogP contribution >= 0.6 is 0 Å². The average molecular weight is 702 g/mol. The van der Waals surface area contributed by atoms with E-state index < -0.39 is 0 Å². The molecule has 0 fully saturated rings. The first kappa shape index (κ1) is 31.1. The summed E-state index contributed by atoms with van der Waals surface area (Å²) in [5.41, 5.74) is 8.81. The molecule has 0 atom stereocenters. The molecule has 11 aromatic rings. The van der Waals surface area contributed by atoms with Gasteiger partial charge >= 0.3 is 0 Å². The number of furan rings is 1. The fourth-order valence-electron chi connectivity index (χ4n) is 7.86. The lowest BCUT2D eigenvalue weighted by Crippen LogP contribution is -2.00. The predicted octanol–water partition coefficient (Wildman–Crippen LogP) is 13.6. The maximum absolute atomic E-state index is 6.88. The van der Waals surface area contributed by atoms with Gasteiger partial charge in [0.05, 0.1) is 0 Å². The average Bonchev–Trinajstić information content (AvgIpc) is 3.63. The normalized spacial score (nSPS) is 11.6. The van der Waals surface area contributed by atoms with E-state index >= 15 is 0 Å². The lowest BCUT2D eigenvalue weighted by atomic mass is 9.95. The van der Waals surface area contributed by atoms with Gasteiger partial charge in [-0.3, -0.25) is 0 Å². The third-order valence-electron chi connectivity index (χ3n) is 10.7. The Bertz CT molecular complexity index is 3260. The van der Waals surface area contributed by atoms with Crippen LogP contribution in [0, 0.1) is 0 Å². The first-order valence-electron chi connectivity index (χ1n) is 18.5. The van der Waals surface area contributed by atoms with Crippen LogP contribution in [0.15, 0.2) is 192 Å². The fraction of sp³-hybridized carbons (Fsp3) is 0. The van der Waals surface area contributed by atoms with Crippen molar-refractivity contribution in [3.05, 3.63) is 188 Å². The first-order chi connectivity index (χ1) is 27.2. The Kier molecular flexibility index (Phi) is 7.14. The standard InChI is InChI=1S/C51H31N3O/c1-2-12-36(13-3-1)49-52-50(42-25-21-33-11-5-7-15-38(33)29-42)54-51(53-49)44-27-26-43(48-47(44)45-30-39-16-8-9-17-40(39)31-46(45)55-48)35-22-18-34(19-23-35)41-24-20-32-10-4-6-14-37(32)28-41/h1-31H. The maximum atomic E-state index is 6.88. The van der Waals surface area contributed by atoms with Gasteiger partial charge in [-0.2, -0.15) is 0 Å². The second kappa shape index (κ2) is 12.6. The smallest absolute Gasteiger partial charge is 0.164 e. The summed E-state index contributed by atoms with van der Waals surface area (Å²) >= 11 is 0. The maximum Gasteiger partial charge on any atom is 0.164 e. The van der Waals surface area contributed by atoms with E-state index in [0.29, 0.717) is 17.5 Å². The number of rotatable bonds is 5. The molecule has 2 heterocycles. The summed E-state index contributed by atoms with van der Waals surface area (Å²) in [4.78, 5) is 15.4. The summed E-state index contributed by atoms with van der Waals surface area (Å²) in [6.07, 6.45) is 0. The van der Waals surface area contributed by atoms with Crippen LogP contribution < -0.4 is 0 Å². The summed E-state index contributed by atoms with van der Waals surface area (Å²) in [5, 5.41) is 9.04. The molecule has 0 N–H and O–H groups in total. The van der Waals surface area contributed by atoms with E-state index in [1.54, 1.807) is 0 Å². The SMILES string of the molecule is c1ccc(-c2nc(-c3ccc4ccccc4c3)nc(-c3ccc(-c4ccc(-c5ccc6ccccc6c5)cc4)c4oc5cc6ccccc6cc5c34)n2)cc1. The highest BCUT2D eigenvalue weighted by Crippen LogP contribution is 2.43. The van der Waals surface area contributed by atoms with Crippen LogP contribution in [-0.2, 0) is 0 Å². The summed E-state index contributed by atoms with van der Waals surface area (Å²) < 4.78 is 6.88. The van der Waals surface area contributed by atoms with Gasteiger partial charge < -0.3 is 4.42 Å². The van der Waals surface area contributed by atoms with Gasteiger partial charge in [0.1, 0.15) is 11.2 Å². The highest BCUT2D eigenvalue weighted by molar-refractivity contribution is 6.18. The minimum absolute atomic E-state index is 0.594. The largest absolute Gasteiger partial charge is 0.455 e. The number of hydrogen-bond acceptors (Lipinski definition) is 4. The molecule has 2 aromatic heterocycles. The van der Waals surface area contributed by atoms with Gasteiger partial charge in [0.2, 0.25) is 0 Å². The van der Waals surface area contributed by atoms with E-state index in [4.69, 9.17) is 19.4 Å². The Morgan fingerprint density at radius 3 is 1.49 bits per heavy atom. The molecule has 0 aliphatic rings. The molecular weight excluding hydrogens is 671 g/mol. The van der Waals surface area contributed by atoms with Crippen LogP contribution in [0.4, 0.5) is 0 Å². The Morgan fingerprint density at radius 2 is 0.800 bits per heavy atom. The van der Waals surface area contributed by atoms with Crippen LogP contribution in [0.1, 0.15) is 0 Å². The highest BCUT2D eigenvalue weighted by atomic mass is 16.3. The zero-order chi connectivity index (χ0) is 36.3. The molecule has 0 aliphatic carbocycles. The number of benzene rings is 9. The van der Waals surface area contributed by atoms with Crippen molar-refractivity contribution >= 4 is 54.3 Å². The summed E-state index contributed by atoms with van der Waals surface area (Å²) in [5.74, 6) is 1.83. The van der Waals surface area contributed by atoms with E-state index in [1.807, 2.05) is 30.3 Å². The lowest BCUT2D eigenvalue weighted by molar-refractivity contribution is 0.670. The molecule has 0 unspecified atom stereocenters. The van der Waals surface area contributed by atoms with Crippen molar-refractivity contribution in [1.29, 1.82) is 0 Å². The van der Waals surface area contributed by atoms with Crippen LogP contribution in [0.25, 0.3) is 111 Å². The van der Waals surface area contributed by atoms with E-state index in [-0.39, 0.29) is 0 Å². The molecule has 0 aliphatic heterocycles. The van der Waals surface area contributed by atoms with Crippen molar-refractivity contribution in [2.24, 2.45) is 0 Å². The zero-order valence-electron chi connectivity index (χ0n) is 29.6. The fourth-order valence-corrected chi connectivity index (χ4v) is 7.86. The van der Waals surface area contributed by atoms with Crippen molar-refractivity contribution in [2.75, 3.05) is 0 Å². The zero-order valence-corrected chi connectivity index (χ0v) is 29.6. The Hall–Kier alpha value is -7.43. The van der Waals surface area contributed by atoms with Crippen molar-refractivity contribution in [2.45, 2.75) is 0 Å². The van der Waals surface area contributed by atoms with E-state index in [9.17, 15) is 0 Å². The lowest BCUT2D eigenvalue weighted by Gasteiger charge is -2.11. The molecule has 0 bridgehead atoms. The van der Waals surface area contributed by atoms with Gasteiger partial charge in [0, 0.05) is 33.0 Å². The molecule has 55 heavy (non-hydrogen) atoms. The Labute approximate surface area is 317 Å². The van der Waals surface area contributed by atoms with Crippen LogP contribution in [0.5, 0.6) is 0 Å². The third-order valence-corrected chi connectivity index (χ3v) is 10.7. The van der Waals surface area contributed by atoms with Gasteiger partial charge in [-0.15, -0.1) is 0 Å². The summed E-state index contributed by atoms with van der Waals surface area (Å²) in [6, 6.07) is 65.9. The topological polar surface area (TPSA) is 51.8 Å². The Morgan fingerprint density at radius 1 is 0.309 bits per heavy atom. The molecule has 11 rings (SSSR count). The van der Waals surface area contributed by atoms with E-state index in [1.165, 1.54) is 21.7 Å². The summed E-state index contributed by atoms with van der Waals surface area (Å²) in [6.45, 7) is 0. The molecule has 0 saturated carbocycles. The minimum atomic E-state index is 0.594. The van der Waals surface area contributed by atoms with Gasteiger partial charge in [-0.25, -0.2) is 15.0 Å². The molecular formula is C51H31N3O. The molecule has 4 nitrogen and oxygen atoms in total. The van der Waals surface area contributed by atoms with Crippen LogP contribution in [0.2, 0.25) is 0 Å². The molecule has 256 valence electrons. The molecule has 4 heteroatoms. The van der Waals surface area contributed by atoms with E-state index in [0.717, 1.165) is 71.5 Å². The molecule has 9 aromatic carbocycles. The number of hydrogen-bond donors (Lipinski definition) is 0. The number of aromatic nitrogens is 3. The Balaban J connectivity index is 1.12.